The molecule has 4 N–H and O–H groups in total. The SMILES string of the molecule is N=CC1CCC(Nc2cc(Nc3ccccc3)c3ncc(C(=O)Nc4ccccc4F)n3n2)CC1. The summed E-state index contributed by atoms with van der Waals surface area (Å²) in [6.45, 7) is 0. The highest BCUT2D eigenvalue weighted by molar-refractivity contribution is 6.03. The number of nitrogens with zero attached hydrogens (tertiary/aromatic N) is 3. The van der Waals surface area contributed by atoms with Crippen LogP contribution in [0.5, 0.6) is 0 Å². The van der Waals surface area contributed by atoms with Crippen LogP contribution in [0.15, 0.2) is 66.9 Å². The number of anilines is 4. The predicted octanol–water partition coefficient (Wildman–Crippen LogP) is 5.48. The number of amides is 1. The van der Waals surface area contributed by atoms with E-state index in [1.165, 1.54) is 29.1 Å². The summed E-state index contributed by atoms with van der Waals surface area (Å²) in [5, 5.41) is 21.6. The van der Waals surface area contributed by atoms with Gasteiger partial charge in [0.05, 0.1) is 17.6 Å². The van der Waals surface area contributed by atoms with Crippen molar-refractivity contribution in [3.63, 3.8) is 0 Å². The third-order valence-corrected chi connectivity index (χ3v) is 6.23. The molecule has 2 heterocycles. The van der Waals surface area contributed by atoms with Crippen LogP contribution < -0.4 is 16.0 Å². The Hall–Kier alpha value is -4.27. The lowest BCUT2D eigenvalue weighted by Gasteiger charge is -2.27. The summed E-state index contributed by atoms with van der Waals surface area (Å²) in [6, 6.07) is 17.8. The second-order valence-corrected chi connectivity index (χ2v) is 8.67. The Morgan fingerprint density at radius 2 is 1.77 bits per heavy atom. The second-order valence-electron chi connectivity index (χ2n) is 8.67. The molecule has 2 aromatic heterocycles. The molecule has 9 heteroatoms. The fraction of sp³-hybridized carbons (Fsp3) is 0.231. The van der Waals surface area contributed by atoms with Gasteiger partial charge in [-0.1, -0.05) is 30.3 Å². The minimum atomic E-state index is -0.517. The zero-order chi connectivity index (χ0) is 24.2. The van der Waals surface area contributed by atoms with Crippen molar-refractivity contribution < 1.29 is 9.18 Å². The predicted molar refractivity (Wildman–Crippen MR) is 135 cm³/mol. The lowest BCUT2D eigenvalue weighted by Crippen LogP contribution is -2.27. The van der Waals surface area contributed by atoms with Crippen molar-refractivity contribution in [3.05, 3.63) is 78.4 Å². The van der Waals surface area contributed by atoms with Gasteiger partial charge in [0, 0.05) is 17.8 Å². The van der Waals surface area contributed by atoms with Gasteiger partial charge in [0.1, 0.15) is 11.6 Å². The lowest BCUT2D eigenvalue weighted by atomic mass is 9.87. The van der Waals surface area contributed by atoms with E-state index in [2.05, 4.69) is 26.0 Å². The van der Waals surface area contributed by atoms with Crippen LogP contribution in [-0.2, 0) is 0 Å². The first-order valence-corrected chi connectivity index (χ1v) is 11.6. The number of hydrogen-bond donors (Lipinski definition) is 4. The Morgan fingerprint density at radius 1 is 1.03 bits per heavy atom. The molecule has 0 radical (unpaired) electrons. The van der Waals surface area contributed by atoms with E-state index in [1.54, 1.807) is 12.1 Å². The summed E-state index contributed by atoms with van der Waals surface area (Å²) in [4.78, 5) is 17.5. The van der Waals surface area contributed by atoms with E-state index in [4.69, 9.17) is 5.41 Å². The van der Waals surface area contributed by atoms with Crippen LogP contribution in [-0.4, -0.2) is 32.8 Å². The van der Waals surface area contributed by atoms with Crippen molar-refractivity contribution in [2.75, 3.05) is 16.0 Å². The van der Waals surface area contributed by atoms with Gasteiger partial charge >= 0.3 is 0 Å². The molecule has 1 saturated carbocycles. The van der Waals surface area contributed by atoms with Crippen LogP contribution in [0.4, 0.5) is 27.3 Å². The molecule has 1 amide bonds. The molecule has 1 fully saturated rings. The molecule has 8 nitrogen and oxygen atoms in total. The zero-order valence-corrected chi connectivity index (χ0v) is 19.0. The van der Waals surface area contributed by atoms with Gasteiger partial charge < -0.3 is 21.4 Å². The summed E-state index contributed by atoms with van der Waals surface area (Å²) in [6.07, 6.45) is 6.76. The molecule has 2 aromatic carbocycles. The average molecular weight is 472 g/mol. The number of nitrogens with one attached hydrogen (secondary N) is 4. The van der Waals surface area contributed by atoms with Crippen LogP contribution in [0, 0.1) is 17.1 Å². The Morgan fingerprint density at radius 3 is 2.51 bits per heavy atom. The highest BCUT2D eigenvalue weighted by atomic mass is 19.1. The van der Waals surface area contributed by atoms with Gasteiger partial charge in [0.25, 0.3) is 5.91 Å². The normalized spacial score (nSPS) is 17.6. The summed E-state index contributed by atoms with van der Waals surface area (Å²) in [7, 11) is 0. The van der Waals surface area contributed by atoms with Crippen molar-refractivity contribution in [1.29, 1.82) is 5.41 Å². The van der Waals surface area contributed by atoms with Crippen molar-refractivity contribution in [2.24, 2.45) is 5.92 Å². The minimum absolute atomic E-state index is 0.0901. The Balaban J connectivity index is 1.48. The molecule has 0 unspecified atom stereocenters. The number of carbonyl (C=O) groups excluding carboxylic acids is 1. The van der Waals surface area contributed by atoms with Gasteiger partial charge in [-0.05, 0) is 62.1 Å². The molecule has 0 saturated heterocycles. The number of para-hydroxylation sites is 2. The second kappa shape index (κ2) is 9.92. The number of benzene rings is 2. The number of rotatable bonds is 7. The maximum atomic E-state index is 14.1. The molecule has 5 rings (SSSR count). The highest BCUT2D eigenvalue weighted by Crippen LogP contribution is 2.28. The van der Waals surface area contributed by atoms with E-state index < -0.39 is 11.7 Å². The number of halogens is 1. The van der Waals surface area contributed by atoms with E-state index in [0.29, 0.717) is 23.1 Å². The summed E-state index contributed by atoms with van der Waals surface area (Å²) in [5.74, 6) is -0.0883. The first-order valence-electron chi connectivity index (χ1n) is 11.6. The van der Waals surface area contributed by atoms with Gasteiger partial charge in [-0.2, -0.15) is 0 Å². The van der Waals surface area contributed by atoms with Crippen LogP contribution in [0.2, 0.25) is 0 Å². The van der Waals surface area contributed by atoms with Crippen molar-refractivity contribution in [1.82, 2.24) is 14.6 Å². The molecular weight excluding hydrogens is 445 g/mol. The van der Waals surface area contributed by atoms with E-state index in [0.717, 1.165) is 31.4 Å². The zero-order valence-electron chi connectivity index (χ0n) is 19.0. The van der Waals surface area contributed by atoms with Crippen LogP contribution in [0.25, 0.3) is 5.65 Å². The minimum Gasteiger partial charge on any atom is -0.366 e. The average Bonchev–Trinajstić information content (AvgIpc) is 3.31. The van der Waals surface area contributed by atoms with E-state index in [1.807, 2.05) is 36.4 Å². The topological polar surface area (TPSA) is 107 Å². The molecule has 35 heavy (non-hydrogen) atoms. The molecule has 1 aliphatic carbocycles. The van der Waals surface area contributed by atoms with E-state index in [9.17, 15) is 9.18 Å². The number of fused-ring (bicyclic) bond motifs is 1. The molecule has 0 aliphatic heterocycles. The summed E-state index contributed by atoms with van der Waals surface area (Å²) in [5.41, 5.74) is 2.32. The lowest BCUT2D eigenvalue weighted by molar-refractivity contribution is 0.102. The van der Waals surface area contributed by atoms with Crippen molar-refractivity contribution in [2.45, 2.75) is 31.7 Å². The summed E-state index contributed by atoms with van der Waals surface area (Å²) >= 11 is 0. The Kier molecular flexibility index (Phi) is 6.38. The van der Waals surface area contributed by atoms with Crippen LogP contribution >= 0.6 is 0 Å². The molecule has 0 bridgehead atoms. The van der Waals surface area contributed by atoms with Crippen LogP contribution in [0.1, 0.15) is 36.2 Å². The van der Waals surface area contributed by atoms with Gasteiger partial charge in [-0.15, -0.1) is 5.10 Å². The first kappa shape index (κ1) is 22.5. The van der Waals surface area contributed by atoms with Crippen LogP contribution in [0.3, 0.4) is 0 Å². The highest BCUT2D eigenvalue weighted by Gasteiger charge is 2.22. The van der Waals surface area contributed by atoms with Gasteiger partial charge in [-0.25, -0.2) is 13.9 Å². The quantitative estimate of drug-likeness (QED) is 0.267. The van der Waals surface area contributed by atoms with E-state index in [-0.39, 0.29) is 17.4 Å². The van der Waals surface area contributed by atoms with Crippen molar-refractivity contribution in [3.8, 4) is 0 Å². The number of hydrogen-bond acceptors (Lipinski definition) is 6. The Bertz CT molecular complexity index is 1350. The largest absolute Gasteiger partial charge is 0.366 e. The maximum absolute atomic E-state index is 14.1. The molecular formula is C26H26FN7O. The third kappa shape index (κ3) is 4.98. The standard InChI is InChI=1S/C26H26FN7O/c27-20-8-4-5-9-21(20)32-26(35)23-16-29-25-22(30-18-6-2-1-3-7-18)14-24(33-34(23)25)31-19-12-10-17(15-28)11-13-19/h1-9,14-17,19,28,30H,10-13H2,(H,31,33)(H,32,35). The van der Waals surface area contributed by atoms with Gasteiger partial charge in [0.15, 0.2) is 11.3 Å². The fourth-order valence-electron chi connectivity index (χ4n) is 4.35. The molecule has 0 spiro atoms. The van der Waals surface area contributed by atoms with E-state index >= 15 is 0 Å². The molecule has 4 aromatic rings. The van der Waals surface area contributed by atoms with Gasteiger partial charge in [0.2, 0.25) is 0 Å². The maximum Gasteiger partial charge on any atom is 0.276 e. The molecule has 1 aliphatic rings. The Labute approximate surface area is 202 Å². The fourth-order valence-corrected chi connectivity index (χ4v) is 4.35. The third-order valence-electron chi connectivity index (χ3n) is 6.23. The molecule has 0 atom stereocenters. The number of imidazole rings is 1. The summed E-state index contributed by atoms with van der Waals surface area (Å²) < 4.78 is 15.6. The smallest absolute Gasteiger partial charge is 0.276 e. The molecule has 178 valence electrons. The monoisotopic (exact) mass is 471 g/mol. The van der Waals surface area contributed by atoms with Gasteiger partial charge in [-0.3, -0.25) is 4.79 Å². The number of carbonyl (C=O) groups is 1. The number of aromatic nitrogens is 3. The first-order chi connectivity index (χ1) is 17.1. The van der Waals surface area contributed by atoms with Crippen molar-refractivity contribution >= 4 is 40.6 Å².